The largest absolute Gasteiger partial charge is 0.232 e. The van der Waals surface area contributed by atoms with Crippen LogP contribution < -0.4 is 0 Å². The van der Waals surface area contributed by atoms with Gasteiger partial charge in [-0.05, 0) is 30.5 Å². The van der Waals surface area contributed by atoms with Crippen LogP contribution in [-0.4, -0.2) is 16.0 Å². The maximum Gasteiger partial charge on any atom is 0.152 e. The third-order valence-electron chi connectivity index (χ3n) is 3.07. The summed E-state index contributed by atoms with van der Waals surface area (Å²) in [6.45, 7) is 0. The molecule has 100 valence electrons. The van der Waals surface area contributed by atoms with Gasteiger partial charge in [0, 0.05) is 16.5 Å². The molecule has 2 aromatic carbocycles. The van der Waals surface area contributed by atoms with Gasteiger partial charge in [-0.2, -0.15) is 5.10 Å². The van der Waals surface area contributed by atoms with Crippen molar-refractivity contribution in [1.82, 2.24) is 9.78 Å². The van der Waals surface area contributed by atoms with Crippen LogP contribution in [0.25, 0.3) is 16.9 Å². The van der Waals surface area contributed by atoms with E-state index >= 15 is 0 Å². The van der Waals surface area contributed by atoms with Crippen molar-refractivity contribution in [3.05, 3.63) is 65.8 Å². The minimum atomic E-state index is 0.498. The van der Waals surface area contributed by atoms with Gasteiger partial charge in [0.15, 0.2) is 5.15 Å². The average molecular weight is 301 g/mol. The van der Waals surface area contributed by atoms with Crippen molar-refractivity contribution in [2.75, 3.05) is 6.26 Å². The summed E-state index contributed by atoms with van der Waals surface area (Å²) < 4.78 is 1.87. The Morgan fingerprint density at radius 3 is 2.35 bits per heavy atom. The van der Waals surface area contributed by atoms with E-state index in [0.717, 1.165) is 16.9 Å². The standard InChI is InChI=1S/C16H13ClN2S/c1-20-14-9-7-12(8-10-14)15-11-16(17)18-19(15)13-5-3-2-4-6-13/h2-11H,1H3. The molecule has 3 rings (SSSR count). The second-order valence-corrected chi connectivity index (χ2v) is 5.60. The summed E-state index contributed by atoms with van der Waals surface area (Å²) in [6.07, 6.45) is 2.07. The first kappa shape index (κ1) is 13.3. The molecule has 0 saturated carbocycles. The second-order valence-electron chi connectivity index (χ2n) is 4.33. The Hall–Kier alpha value is -1.71. The van der Waals surface area contributed by atoms with Gasteiger partial charge in [0.25, 0.3) is 0 Å². The third kappa shape index (κ3) is 2.60. The zero-order chi connectivity index (χ0) is 13.9. The van der Waals surface area contributed by atoms with Crippen LogP contribution in [0.5, 0.6) is 0 Å². The van der Waals surface area contributed by atoms with Crippen LogP contribution in [0.4, 0.5) is 0 Å². The second kappa shape index (κ2) is 5.73. The van der Waals surface area contributed by atoms with E-state index in [9.17, 15) is 0 Å². The highest BCUT2D eigenvalue weighted by Gasteiger charge is 2.10. The fourth-order valence-corrected chi connectivity index (χ4v) is 2.67. The Morgan fingerprint density at radius 1 is 1.00 bits per heavy atom. The predicted molar refractivity (Wildman–Crippen MR) is 85.8 cm³/mol. The van der Waals surface area contributed by atoms with Gasteiger partial charge in [0.2, 0.25) is 0 Å². The molecule has 2 nitrogen and oxygen atoms in total. The van der Waals surface area contributed by atoms with Crippen molar-refractivity contribution in [3.8, 4) is 16.9 Å². The Kier molecular flexibility index (Phi) is 3.81. The van der Waals surface area contributed by atoms with Crippen LogP contribution in [0, 0.1) is 0 Å². The van der Waals surface area contributed by atoms with E-state index in [1.54, 1.807) is 11.8 Å². The Bertz CT molecular complexity index is 705. The first-order valence-corrected chi connectivity index (χ1v) is 7.83. The summed E-state index contributed by atoms with van der Waals surface area (Å²) in [6, 6.07) is 20.3. The van der Waals surface area contributed by atoms with Crippen molar-refractivity contribution >= 4 is 23.4 Å². The van der Waals surface area contributed by atoms with E-state index in [1.807, 2.05) is 41.1 Å². The van der Waals surface area contributed by atoms with E-state index in [1.165, 1.54) is 4.90 Å². The number of rotatable bonds is 3. The molecular weight excluding hydrogens is 288 g/mol. The highest BCUT2D eigenvalue weighted by atomic mass is 35.5. The highest BCUT2D eigenvalue weighted by Crippen LogP contribution is 2.27. The molecule has 3 aromatic rings. The number of halogens is 1. The molecule has 1 aromatic heterocycles. The number of para-hydroxylation sites is 1. The van der Waals surface area contributed by atoms with Gasteiger partial charge in [-0.25, -0.2) is 4.68 Å². The van der Waals surface area contributed by atoms with E-state index < -0.39 is 0 Å². The Balaban J connectivity index is 2.09. The first-order chi connectivity index (χ1) is 9.78. The lowest BCUT2D eigenvalue weighted by molar-refractivity contribution is 0.888. The number of nitrogens with zero attached hydrogens (tertiary/aromatic N) is 2. The summed E-state index contributed by atoms with van der Waals surface area (Å²) >= 11 is 7.82. The quantitative estimate of drug-likeness (QED) is 0.639. The van der Waals surface area contributed by atoms with Gasteiger partial charge < -0.3 is 0 Å². The molecule has 0 atom stereocenters. The minimum absolute atomic E-state index is 0.498. The molecule has 0 saturated heterocycles. The zero-order valence-corrected chi connectivity index (χ0v) is 12.5. The molecule has 0 aliphatic carbocycles. The summed E-state index contributed by atoms with van der Waals surface area (Å²) in [5, 5.41) is 4.87. The van der Waals surface area contributed by atoms with Crippen LogP contribution in [0.1, 0.15) is 0 Å². The van der Waals surface area contributed by atoms with E-state index in [0.29, 0.717) is 5.15 Å². The van der Waals surface area contributed by atoms with Crippen LogP contribution in [0.2, 0.25) is 5.15 Å². The first-order valence-electron chi connectivity index (χ1n) is 6.23. The van der Waals surface area contributed by atoms with Gasteiger partial charge >= 0.3 is 0 Å². The normalized spacial score (nSPS) is 10.7. The lowest BCUT2D eigenvalue weighted by Crippen LogP contribution is -1.98. The maximum absolute atomic E-state index is 6.09. The van der Waals surface area contributed by atoms with Crippen molar-refractivity contribution < 1.29 is 0 Å². The topological polar surface area (TPSA) is 17.8 Å². The van der Waals surface area contributed by atoms with Crippen molar-refractivity contribution in [2.45, 2.75) is 4.90 Å². The average Bonchev–Trinajstić information content (AvgIpc) is 2.90. The number of aromatic nitrogens is 2. The molecule has 1 heterocycles. The monoisotopic (exact) mass is 300 g/mol. The molecule has 0 bridgehead atoms. The van der Waals surface area contributed by atoms with E-state index in [2.05, 4.69) is 35.6 Å². The van der Waals surface area contributed by atoms with Crippen LogP contribution in [-0.2, 0) is 0 Å². The molecule has 4 heteroatoms. The predicted octanol–water partition coefficient (Wildman–Crippen LogP) is 4.91. The molecule has 20 heavy (non-hydrogen) atoms. The molecule has 0 aliphatic rings. The minimum Gasteiger partial charge on any atom is -0.232 e. The number of benzene rings is 2. The van der Waals surface area contributed by atoms with Crippen LogP contribution in [0.3, 0.4) is 0 Å². The third-order valence-corrected chi connectivity index (χ3v) is 3.99. The lowest BCUT2D eigenvalue weighted by Gasteiger charge is -2.07. The summed E-state index contributed by atoms with van der Waals surface area (Å²) in [5.74, 6) is 0. The lowest BCUT2D eigenvalue weighted by atomic mass is 10.1. The fraction of sp³-hybridized carbons (Fsp3) is 0.0625. The molecule has 0 spiro atoms. The van der Waals surface area contributed by atoms with Crippen LogP contribution >= 0.6 is 23.4 Å². The number of thioether (sulfide) groups is 1. The van der Waals surface area contributed by atoms with E-state index in [-0.39, 0.29) is 0 Å². The highest BCUT2D eigenvalue weighted by molar-refractivity contribution is 7.98. The van der Waals surface area contributed by atoms with Gasteiger partial charge in [-0.3, -0.25) is 0 Å². The Labute approximate surface area is 127 Å². The van der Waals surface area contributed by atoms with E-state index in [4.69, 9.17) is 11.6 Å². The molecule has 0 N–H and O–H groups in total. The van der Waals surface area contributed by atoms with Gasteiger partial charge in [0.05, 0.1) is 11.4 Å². The Morgan fingerprint density at radius 2 is 1.70 bits per heavy atom. The fourth-order valence-electron chi connectivity index (χ4n) is 2.09. The van der Waals surface area contributed by atoms with Crippen molar-refractivity contribution in [1.29, 1.82) is 0 Å². The molecule has 0 unspecified atom stereocenters. The van der Waals surface area contributed by atoms with Gasteiger partial charge in [-0.1, -0.05) is 41.9 Å². The maximum atomic E-state index is 6.09. The molecular formula is C16H13ClN2S. The smallest absolute Gasteiger partial charge is 0.152 e. The molecule has 0 aliphatic heterocycles. The molecule has 0 amide bonds. The number of hydrogen-bond donors (Lipinski definition) is 0. The summed E-state index contributed by atoms with van der Waals surface area (Å²) in [4.78, 5) is 1.24. The number of hydrogen-bond acceptors (Lipinski definition) is 2. The summed E-state index contributed by atoms with van der Waals surface area (Å²) in [7, 11) is 0. The SMILES string of the molecule is CSc1ccc(-c2cc(Cl)nn2-c2ccccc2)cc1. The summed E-state index contributed by atoms with van der Waals surface area (Å²) in [5.41, 5.74) is 3.10. The molecule has 0 radical (unpaired) electrons. The zero-order valence-electron chi connectivity index (χ0n) is 11.0. The van der Waals surface area contributed by atoms with Crippen LogP contribution in [0.15, 0.2) is 65.6 Å². The van der Waals surface area contributed by atoms with Crippen molar-refractivity contribution in [2.24, 2.45) is 0 Å². The van der Waals surface area contributed by atoms with Crippen molar-refractivity contribution in [3.63, 3.8) is 0 Å². The molecule has 0 fully saturated rings. The van der Waals surface area contributed by atoms with Gasteiger partial charge in [-0.15, -0.1) is 11.8 Å². The van der Waals surface area contributed by atoms with Gasteiger partial charge in [0.1, 0.15) is 0 Å².